The van der Waals surface area contributed by atoms with Crippen molar-refractivity contribution in [3.05, 3.63) is 46.3 Å². The molecule has 0 unspecified atom stereocenters. The fraction of sp³-hybridized carbons (Fsp3) is 0.522. The number of primary amides is 1. The number of carbonyl (C=O) groups is 1. The van der Waals surface area contributed by atoms with Crippen molar-refractivity contribution in [3.63, 3.8) is 0 Å². The van der Waals surface area contributed by atoms with Crippen molar-refractivity contribution in [1.29, 1.82) is 0 Å². The van der Waals surface area contributed by atoms with Gasteiger partial charge in [-0.2, -0.15) is 0 Å². The molecule has 2 aromatic rings. The molecule has 2 aromatic heterocycles. The smallest absolute Gasteiger partial charge is 0.220 e. The van der Waals surface area contributed by atoms with E-state index < -0.39 is 0 Å². The summed E-state index contributed by atoms with van der Waals surface area (Å²) in [6.07, 6.45) is 3.36. The zero-order chi connectivity index (χ0) is 22.3. The van der Waals surface area contributed by atoms with E-state index in [4.69, 9.17) is 10.7 Å². The summed E-state index contributed by atoms with van der Waals surface area (Å²) in [6.45, 7) is 10.2. The van der Waals surface area contributed by atoms with Crippen LogP contribution in [0, 0.1) is 5.92 Å². The van der Waals surface area contributed by atoms with Crippen molar-refractivity contribution < 1.29 is 4.79 Å². The Morgan fingerprint density at radius 2 is 2.03 bits per heavy atom. The van der Waals surface area contributed by atoms with E-state index in [9.17, 15) is 4.79 Å². The number of nitrogens with one attached hydrogen (secondary N) is 2. The van der Waals surface area contributed by atoms with Crippen LogP contribution in [0.15, 0.2) is 40.8 Å². The molecule has 0 bridgehead atoms. The molecule has 9 heteroatoms. The maximum atomic E-state index is 11.5. The molecule has 1 fully saturated rings. The zero-order valence-electron chi connectivity index (χ0n) is 19.1. The topological polar surface area (TPSA) is 95.6 Å². The van der Waals surface area contributed by atoms with E-state index in [1.165, 1.54) is 4.88 Å². The first-order valence-corrected chi connectivity index (χ1v) is 11.8. The molecule has 32 heavy (non-hydrogen) atoms. The summed E-state index contributed by atoms with van der Waals surface area (Å²) in [7, 11) is 0. The minimum absolute atomic E-state index is 0. The predicted octanol–water partition coefficient (Wildman–Crippen LogP) is 3.50. The Morgan fingerprint density at radius 3 is 2.66 bits per heavy atom. The Bertz CT molecular complexity index is 878. The van der Waals surface area contributed by atoms with Gasteiger partial charge in [0.1, 0.15) is 5.82 Å². The Labute approximate surface area is 212 Å². The van der Waals surface area contributed by atoms with E-state index in [1.54, 1.807) is 11.3 Å². The molecule has 1 aliphatic heterocycles. The lowest BCUT2D eigenvalue weighted by Crippen LogP contribution is -2.43. The molecule has 0 spiro atoms. The lowest BCUT2D eigenvalue weighted by atomic mass is 9.91. The van der Waals surface area contributed by atoms with E-state index in [-0.39, 0.29) is 41.2 Å². The summed E-state index contributed by atoms with van der Waals surface area (Å²) >= 11 is 1.78. The summed E-state index contributed by atoms with van der Waals surface area (Å²) in [4.78, 5) is 24.5. The molecule has 0 saturated carbocycles. The van der Waals surface area contributed by atoms with Crippen LogP contribution in [0.3, 0.4) is 0 Å². The highest BCUT2D eigenvalue weighted by molar-refractivity contribution is 14.0. The maximum absolute atomic E-state index is 11.5. The zero-order valence-corrected chi connectivity index (χ0v) is 22.3. The third kappa shape index (κ3) is 7.06. The molecule has 3 rings (SSSR count). The second-order valence-corrected chi connectivity index (χ2v) is 9.51. The van der Waals surface area contributed by atoms with Gasteiger partial charge in [-0.3, -0.25) is 4.79 Å². The monoisotopic (exact) mass is 570 g/mol. The van der Waals surface area contributed by atoms with Gasteiger partial charge in [0, 0.05) is 54.1 Å². The second-order valence-electron chi connectivity index (χ2n) is 8.56. The number of pyridine rings is 1. The van der Waals surface area contributed by atoms with Crippen LogP contribution >= 0.6 is 35.3 Å². The number of aliphatic imine (C=N–C) groups is 1. The van der Waals surface area contributed by atoms with Gasteiger partial charge >= 0.3 is 0 Å². The lowest BCUT2D eigenvalue weighted by molar-refractivity contribution is -0.122. The molecule has 3 heterocycles. The van der Waals surface area contributed by atoms with E-state index in [0.29, 0.717) is 6.54 Å². The standard InChI is InChI=1S/C23H34N6OS.HI/c1-4-25-22(28-16-23(2,3)19-8-6-14-31-19)27-15-18-7-5-11-26-21(18)29-12-9-17(10-13-29)20(24)30;/h5-8,11,14,17H,4,9-10,12-13,15-16H2,1-3H3,(H2,24,30)(H2,25,27,28);1H. The quantitative estimate of drug-likeness (QED) is 0.257. The SMILES string of the molecule is CCNC(=NCc1cccnc1N1CCC(C(N)=O)CC1)NCC(C)(C)c1cccs1.I. The van der Waals surface area contributed by atoms with Crippen molar-refractivity contribution in [2.45, 2.75) is 45.6 Å². The first kappa shape index (κ1) is 26.4. The summed E-state index contributed by atoms with van der Waals surface area (Å²) in [5.74, 6) is 1.52. The van der Waals surface area contributed by atoms with Gasteiger partial charge in [-0.1, -0.05) is 26.0 Å². The van der Waals surface area contributed by atoms with Gasteiger partial charge in [-0.25, -0.2) is 9.98 Å². The number of thiophene rings is 1. The van der Waals surface area contributed by atoms with Crippen LogP contribution in [-0.4, -0.2) is 43.0 Å². The van der Waals surface area contributed by atoms with Gasteiger partial charge in [-0.15, -0.1) is 35.3 Å². The number of hydrogen-bond acceptors (Lipinski definition) is 5. The Kier molecular flexibility index (Phi) is 10.2. The van der Waals surface area contributed by atoms with E-state index >= 15 is 0 Å². The minimum atomic E-state index is -0.197. The number of anilines is 1. The van der Waals surface area contributed by atoms with Crippen molar-refractivity contribution in [1.82, 2.24) is 15.6 Å². The number of hydrogen-bond donors (Lipinski definition) is 3. The summed E-state index contributed by atoms with van der Waals surface area (Å²) < 4.78 is 0. The van der Waals surface area contributed by atoms with Gasteiger partial charge in [0.15, 0.2) is 5.96 Å². The largest absolute Gasteiger partial charge is 0.369 e. The van der Waals surface area contributed by atoms with Crippen LogP contribution in [-0.2, 0) is 16.8 Å². The number of nitrogens with two attached hydrogens (primary N) is 1. The summed E-state index contributed by atoms with van der Waals surface area (Å²) in [5.41, 5.74) is 6.58. The molecule has 1 amide bonds. The average molecular weight is 571 g/mol. The summed E-state index contributed by atoms with van der Waals surface area (Å²) in [5, 5.41) is 8.96. The van der Waals surface area contributed by atoms with Crippen molar-refractivity contribution in [2.24, 2.45) is 16.6 Å². The highest BCUT2D eigenvalue weighted by atomic mass is 127. The van der Waals surface area contributed by atoms with E-state index in [1.807, 2.05) is 12.3 Å². The molecule has 0 radical (unpaired) electrons. The molecular weight excluding hydrogens is 535 g/mol. The number of carbonyl (C=O) groups excluding carboxylic acids is 1. The predicted molar refractivity (Wildman–Crippen MR) is 144 cm³/mol. The van der Waals surface area contributed by atoms with Gasteiger partial charge in [0.2, 0.25) is 5.91 Å². The Morgan fingerprint density at radius 1 is 1.28 bits per heavy atom. The minimum Gasteiger partial charge on any atom is -0.369 e. The number of aromatic nitrogens is 1. The maximum Gasteiger partial charge on any atom is 0.220 e. The van der Waals surface area contributed by atoms with Gasteiger partial charge in [-0.05, 0) is 37.3 Å². The highest BCUT2D eigenvalue weighted by Gasteiger charge is 2.25. The van der Waals surface area contributed by atoms with Crippen molar-refractivity contribution >= 4 is 53.0 Å². The second kappa shape index (κ2) is 12.4. The van der Waals surface area contributed by atoms with Crippen LogP contribution in [0.2, 0.25) is 0 Å². The summed E-state index contributed by atoms with van der Waals surface area (Å²) in [6, 6.07) is 8.30. The molecule has 0 aliphatic carbocycles. The Hall–Kier alpha value is -1.88. The van der Waals surface area contributed by atoms with Crippen LogP contribution in [0.4, 0.5) is 5.82 Å². The molecule has 1 aliphatic rings. The number of guanidine groups is 1. The van der Waals surface area contributed by atoms with E-state index in [0.717, 1.165) is 56.4 Å². The van der Waals surface area contributed by atoms with E-state index in [2.05, 4.69) is 64.9 Å². The molecule has 0 atom stereocenters. The third-order valence-electron chi connectivity index (χ3n) is 5.70. The van der Waals surface area contributed by atoms with Crippen LogP contribution in [0.5, 0.6) is 0 Å². The molecule has 4 N–H and O–H groups in total. The highest BCUT2D eigenvalue weighted by Crippen LogP contribution is 2.27. The molecule has 0 aromatic carbocycles. The van der Waals surface area contributed by atoms with Gasteiger partial charge in [0.05, 0.1) is 6.54 Å². The fourth-order valence-electron chi connectivity index (χ4n) is 3.78. The Balaban J connectivity index is 0.00000363. The van der Waals surface area contributed by atoms with Crippen molar-refractivity contribution in [3.8, 4) is 0 Å². The van der Waals surface area contributed by atoms with Gasteiger partial charge < -0.3 is 21.3 Å². The first-order chi connectivity index (χ1) is 14.9. The number of halogens is 1. The molecule has 7 nitrogen and oxygen atoms in total. The molecule has 176 valence electrons. The average Bonchev–Trinajstić information content (AvgIpc) is 3.32. The third-order valence-corrected chi connectivity index (χ3v) is 6.94. The van der Waals surface area contributed by atoms with Gasteiger partial charge in [0.25, 0.3) is 0 Å². The van der Waals surface area contributed by atoms with Crippen LogP contribution in [0.1, 0.15) is 44.1 Å². The fourth-order valence-corrected chi connectivity index (χ4v) is 4.63. The first-order valence-electron chi connectivity index (χ1n) is 10.9. The van der Waals surface area contributed by atoms with Crippen LogP contribution < -0.4 is 21.3 Å². The number of rotatable bonds is 8. The van der Waals surface area contributed by atoms with Crippen LogP contribution in [0.25, 0.3) is 0 Å². The normalized spacial score (nSPS) is 15.2. The number of piperidine rings is 1. The number of amides is 1. The molecule has 1 saturated heterocycles. The molecular formula is C23H35IN6OS. The van der Waals surface area contributed by atoms with Crippen molar-refractivity contribution in [2.75, 3.05) is 31.1 Å². The lowest BCUT2D eigenvalue weighted by Gasteiger charge is -2.32. The number of nitrogens with zero attached hydrogens (tertiary/aromatic N) is 3.